The van der Waals surface area contributed by atoms with E-state index in [1.54, 1.807) is 0 Å². The summed E-state index contributed by atoms with van der Waals surface area (Å²) >= 11 is 6.10. The maximum Gasteiger partial charge on any atom is 0.225 e. The predicted molar refractivity (Wildman–Crippen MR) is 73.9 cm³/mol. The molecule has 3 nitrogen and oxygen atoms in total. The molecule has 0 saturated carbocycles. The van der Waals surface area contributed by atoms with Crippen molar-refractivity contribution in [1.82, 2.24) is 14.8 Å². The van der Waals surface area contributed by atoms with Crippen LogP contribution in [0.2, 0.25) is 5.28 Å². The van der Waals surface area contributed by atoms with Gasteiger partial charge in [-0.1, -0.05) is 30.3 Å². The zero-order valence-electron chi connectivity index (χ0n) is 11.0. The second-order valence-corrected chi connectivity index (χ2v) is 5.49. The van der Waals surface area contributed by atoms with Gasteiger partial charge in [-0.25, -0.2) is 0 Å². The van der Waals surface area contributed by atoms with Gasteiger partial charge in [0.25, 0.3) is 0 Å². The third-order valence-corrected chi connectivity index (χ3v) is 3.50. The maximum absolute atomic E-state index is 6.10. The average molecular weight is 264 g/mol. The molecule has 0 aliphatic heterocycles. The molecule has 0 amide bonds. The molecule has 1 aromatic heterocycles. The molecule has 18 heavy (non-hydrogen) atoms. The molecular formula is C14H18ClN3. The normalized spacial score (nSPS) is 11.8. The van der Waals surface area contributed by atoms with E-state index in [0.29, 0.717) is 5.28 Å². The second-order valence-electron chi connectivity index (χ2n) is 5.15. The van der Waals surface area contributed by atoms with Crippen LogP contribution in [0.1, 0.15) is 31.7 Å². The van der Waals surface area contributed by atoms with Gasteiger partial charge in [-0.2, -0.15) is 0 Å². The van der Waals surface area contributed by atoms with Crippen molar-refractivity contribution in [2.45, 2.75) is 39.2 Å². The Kier molecular flexibility index (Phi) is 3.71. The van der Waals surface area contributed by atoms with Gasteiger partial charge in [-0.05, 0) is 50.8 Å². The molecule has 1 heterocycles. The first-order valence-corrected chi connectivity index (χ1v) is 6.50. The second kappa shape index (κ2) is 5.11. The number of aromatic nitrogens is 3. The van der Waals surface area contributed by atoms with Crippen LogP contribution < -0.4 is 0 Å². The van der Waals surface area contributed by atoms with Gasteiger partial charge in [0.05, 0.1) is 0 Å². The molecule has 96 valence electrons. The van der Waals surface area contributed by atoms with Gasteiger partial charge in [0.1, 0.15) is 5.82 Å². The Balaban J connectivity index is 2.13. The minimum atomic E-state index is -0.0828. The summed E-state index contributed by atoms with van der Waals surface area (Å²) in [6, 6.07) is 10.5. The number of aryl methyl sites for hydroxylation is 2. The first-order chi connectivity index (χ1) is 8.50. The first kappa shape index (κ1) is 13.1. The molecule has 0 N–H and O–H groups in total. The van der Waals surface area contributed by atoms with Crippen LogP contribution in [0, 0.1) is 6.92 Å². The number of hydrogen-bond donors (Lipinski definition) is 0. The molecular weight excluding hydrogens is 246 g/mol. The predicted octanol–water partition coefficient (Wildman–Crippen LogP) is 3.61. The van der Waals surface area contributed by atoms with Gasteiger partial charge in [0.15, 0.2) is 0 Å². The van der Waals surface area contributed by atoms with Crippen molar-refractivity contribution in [3.63, 3.8) is 0 Å². The lowest BCUT2D eigenvalue weighted by Gasteiger charge is -2.28. The third-order valence-electron chi connectivity index (χ3n) is 3.26. The Hall–Kier alpha value is -1.35. The summed E-state index contributed by atoms with van der Waals surface area (Å²) < 4.78 is 2.00. The van der Waals surface area contributed by atoms with E-state index in [1.165, 1.54) is 5.56 Å². The summed E-state index contributed by atoms with van der Waals surface area (Å²) in [6.45, 7) is 6.26. The monoisotopic (exact) mass is 263 g/mol. The Bertz CT molecular complexity index is 498. The molecule has 0 aliphatic carbocycles. The van der Waals surface area contributed by atoms with Crippen molar-refractivity contribution < 1.29 is 0 Å². The Labute approximate surface area is 113 Å². The number of rotatable bonds is 4. The molecule has 0 unspecified atom stereocenters. The average Bonchev–Trinajstić information content (AvgIpc) is 2.69. The van der Waals surface area contributed by atoms with Crippen LogP contribution in [0.15, 0.2) is 30.3 Å². The third kappa shape index (κ3) is 2.72. The summed E-state index contributed by atoms with van der Waals surface area (Å²) in [5, 5.41) is 8.40. The van der Waals surface area contributed by atoms with E-state index in [1.807, 2.05) is 17.6 Å². The smallest absolute Gasteiger partial charge is 0.225 e. The van der Waals surface area contributed by atoms with Crippen molar-refractivity contribution >= 4 is 11.6 Å². The van der Waals surface area contributed by atoms with E-state index in [4.69, 9.17) is 11.6 Å². The number of halogens is 1. The van der Waals surface area contributed by atoms with E-state index >= 15 is 0 Å². The van der Waals surface area contributed by atoms with Crippen LogP contribution in [-0.4, -0.2) is 14.8 Å². The highest BCUT2D eigenvalue weighted by atomic mass is 35.5. The highest BCUT2D eigenvalue weighted by Crippen LogP contribution is 2.26. The number of hydrogen-bond acceptors (Lipinski definition) is 2. The fraction of sp³-hybridized carbons (Fsp3) is 0.429. The quantitative estimate of drug-likeness (QED) is 0.844. The number of benzene rings is 1. The van der Waals surface area contributed by atoms with Crippen molar-refractivity contribution in [2.75, 3.05) is 0 Å². The molecule has 0 saturated heterocycles. The number of nitrogens with zero attached hydrogens (tertiary/aromatic N) is 3. The Morgan fingerprint density at radius 2 is 1.83 bits per heavy atom. The van der Waals surface area contributed by atoms with E-state index in [0.717, 1.165) is 18.7 Å². The zero-order valence-corrected chi connectivity index (χ0v) is 11.8. The van der Waals surface area contributed by atoms with Crippen LogP contribution in [0.25, 0.3) is 0 Å². The molecule has 2 aromatic rings. The first-order valence-electron chi connectivity index (χ1n) is 6.12. The van der Waals surface area contributed by atoms with E-state index in [-0.39, 0.29) is 5.54 Å². The minimum Gasteiger partial charge on any atom is -0.296 e. The molecule has 4 heteroatoms. The summed E-state index contributed by atoms with van der Waals surface area (Å²) in [5.41, 5.74) is 1.26. The lowest BCUT2D eigenvalue weighted by molar-refractivity contribution is 0.321. The molecule has 0 aliphatic rings. The van der Waals surface area contributed by atoms with Crippen LogP contribution in [0.3, 0.4) is 0 Å². The highest BCUT2D eigenvalue weighted by molar-refractivity contribution is 6.28. The zero-order chi connectivity index (χ0) is 13.2. The van der Waals surface area contributed by atoms with Crippen molar-refractivity contribution in [3.8, 4) is 0 Å². The van der Waals surface area contributed by atoms with E-state index < -0.39 is 0 Å². The molecule has 0 bridgehead atoms. The fourth-order valence-corrected chi connectivity index (χ4v) is 2.62. The van der Waals surface area contributed by atoms with Crippen molar-refractivity contribution in [3.05, 3.63) is 47.0 Å². The van der Waals surface area contributed by atoms with Crippen LogP contribution in [0.5, 0.6) is 0 Å². The van der Waals surface area contributed by atoms with Crippen LogP contribution in [0.4, 0.5) is 0 Å². The van der Waals surface area contributed by atoms with E-state index in [9.17, 15) is 0 Å². The Morgan fingerprint density at radius 3 is 2.39 bits per heavy atom. The topological polar surface area (TPSA) is 30.7 Å². The van der Waals surface area contributed by atoms with Crippen molar-refractivity contribution in [1.29, 1.82) is 0 Å². The van der Waals surface area contributed by atoms with Crippen molar-refractivity contribution in [2.24, 2.45) is 0 Å². The SMILES string of the molecule is Cc1nnc(Cl)n1C(C)(C)CCc1ccccc1. The van der Waals surface area contributed by atoms with Gasteiger partial charge >= 0.3 is 0 Å². The standard InChI is InChI=1S/C14H18ClN3/c1-11-16-17-13(15)18(11)14(2,3)10-9-12-7-5-4-6-8-12/h4-8H,9-10H2,1-3H3. The van der Waals surface area contributed by atoms with Crippen LogP contribution >= 0.6 is 11.6 Å². The largest absolute Gasteiger partial charge is 0.296 e. The summed E-state index contributed by atoms with van der Waals surface area (Å²) in [5.74, 6) is 0.859. The minimum absolute atomic E-state index is 0.0828. The molecule has 0 atom stereocenters. The van der Waals surface area contributed by atoms with Gasteiger partial charge in [0, 0.05) is 5.54 Å². The molecule has 2 rings (SSSR count). The lowest BCUT2D eigenvalue weighted by atomic mass is 9.95. The molecule has 0 fully saturated rings. The van der Waals surface area contributed by atoms with Gasteiger partial charge in [-0.3, -0.25) is 4.57 Å². The highest BCUT2D eigenvalue weighted by Gasteiger charge is 2.25. The maximum atomic E-state index is 6.10. The van der Waals surface area contributed by atoms with Gasteiger partial charge in [-0.15, -0.1) is 10.2 Å². The fourth-order valence-electron chi connectivity index (χ4n) is 2.23. The van der Waals surface area contributed by atoms with Gasteiger partial charge in [0.2, 0.25) is 5.28 Å². The summed E-state index contributed by atoms with van der Waals surface area (Å²) in [4.78, 5) is 0. The van der Waals surface area contributed by atoms with Gasteiger partial charge < -0.3 is 0 Å². The van der Waals surface area contributed by atoms with Crippen LogP contribution in [-0.2, 0) is 12.0 Å². The molecule has 1 aromatic carbocycles. The summed E-state index contributed by atoms with van der Waals surface area (Å²) in [7, 11) is 0. The molecule has 0 spiro atoms. The Morgan fingerprint density at radius 1 is 1.17 bits per heavy atom. The lowest BCUT2D eigenvalue weighted by Crippen LogP contribution is -2.28. The summed E-state index contributed by atoms with van der Waals surface area (Å²) in [6.07, 6.45) is 2.01. The van der Waals surface area contributed by atoms with E-state index in [2.05, 4.69) is 48.3 Å². The molecule has 0 radical (unpaired) electrons.